The van der Waals surface area contributed by atoms with Crippen molar-refractivity contribution in [3.05, 3.63) is 45.4 Å². The monoisotopic (exact) mass is 494 g/mol. The van der Waals surface area contributed by atoms with E-state index in [2.05, 4.69) is 15.3 Å². The second-order valence-corrected chi connectivity index (χ2v) is 11.8. The first kappa shape index (κ1) is 22.9. The lowest BCUT2D eigenvalue weighted by atomic mass is 9.84. The number of thiazole rings is 1. The molecule has 11 heteroatoms. The summed E-state index contributed by atoms with van der Waals surface area (Å²) in [7, 11) is -3.43. The van der Waals surface area contributed by atoms with Gasteiger partial charge in [0.2, 0.25) is 5.91 Å². The molecule has 4 rings (SSSR count). The Morgan fingerprint density at radius 2 is 2.03 bits per heavy atom. The molecule has 1 N–H and O–H groups in total. The first-order chi connectivity index (χ1) is 15.2. The molecule has 1 amide bonds. The van der Waals surface area contributed by atoms with E-state index in [0.717, 1.165) is 43.3 Å². The molecule has 3 aromatic rings. The molecule has 0 saturated heterocycles. The fourth-order valence-corrected chi connectivity index (χ4v) is 5.61. The third-order valence-electron chi connectivity index (χ3n) is 5.81. The van der Waals surface area contributed by atoms with E-state index in [-0.39, 0.29) is 27.3 Å². The third-order valence-corrected chi connectivity index (χ3v) is 7.95. The summed E-state index contributed by atoms with van der Waals surface area (Å²) < 4.78 is 25.5. The number of rotatable bonds is 6. The van der Waals surface area contributed by atoms with Gasteiger partial charge in [0.15, 0.2) is 15.0 Å². The van der Waals surface area contributed by atoms with Crippen LogP contribution in [-0.4, -0.2) is 35.1 Å². The fraction of sp³-hybridized carbons (Fsp3) is 0.429. The van der Waals surface area contributed by atoms with Gasteiger partial charge in [-0.2, -0.15) is 0 Å². The quantitative estimate of drug-likeness (QED) is 0.553. The maximum Gasteiger partial charge on any atom is 0.261 e. The molecular formula is C21H23ClN4O4S2. The maximum absolute atomic E-state index is 13.3. The summed E-state index contributed by atoms with van der Waals surface area (Å²) in [5.41, 5.74) is -0.110. The molecule has 2 heterocycles. The fourth-order valence-electron chi connectivity index (χ4n) is 4.15. The predicted octanol–water partition coefficient (Wildman–Crippen LogP) is 4.06. The highest BCUT2D eigenvalue weighted by Crippen LogP contribution is 2.32. The van der Waals surface area contributed by atoms with Gasteiger partial charge in [0.25, 0.3) is 5.56 Å². The van der Waals surface area contributed by atoms with Crippen LogP contribution in [0.15, 0.2) is 40.4 Å². The van der Waals surface area contributed by atoms with E-state index in [9.17, 15) is 18.0 Å². The van der Waals surface area contributed by atoms with Crippen LogP contribution in [0.5, 0.6) is 0 Å². The van der Waals surface area contributed by atoms with Crippen molar-refractivity contribution in [3.63, 3.8) is 0 Å². The van der Waals surface area contributed by atoms with E-state index in [1.54, 1.807) is 0 Å². The van der Waals surface area contributed by atoms with E-state index in [4.69, 9.17) is 11.6 Å². The van der Waals surface area contributed by atoms with Crippen LogP contribution in [-0.2, 0) is 14.6 Å². The Bertz CT molecular complexity index is 1310. The van der Waals surface area contributed by atoms with Crippen molar-refractivity contribution < 1.29 is 13.2 Å². The number of fused-ring (bicyclic) bond motifs is 1. The molecule has 0 aliphatic heterocycles. The summed E-state index contributed by atoms with van der Waals surface area (Å²) in [6.45, 7) is 0. The average molecular weight is 495 g/mol. The second-order valence-electron chi connectivity index (χ2n) is 8.12. The number of anilines is 1. The molecule has 1 atom stereocenters. The lowest BCUT2D eigenvalue weighted by Gasteiger charge is -2.27. The Labute approximate surface area is 194 Å². The molecule has 2 aromatic heterocycles. The predicted molar refractivity (Wildman–Crippen MR) is 125 cm³/mol. The van der Waals surface area contributed by atoms with Gasteiger partial charge in [-0.3, -0.25) is 14.2 Å². The SMILES string of the molecule is CS(=O)(=O)c1ccc2c(=O)n(C(CC3CCCCC3)C(=O)Nc3ncc(Cl)s3)cnc2c1. The van der Waals surface area contributed by atoms with Crippen molar-refractivity contribution in [3.8, 4) is 0 Å². The zero-order valence-electron chi connectivity index (χ0n) is 17.5. The minimum atomic E-state index is -3.43. The smallest absolute Gasteiger partial charge is 0.261 e. The van der Waals surface area contributed by atoms with Gasteiger partial charge in [0.05, 0.1) is 28.3 Å². The number of sulfone groups is 1. The first-order valence-corrected chi connectivity index (χ1v) is 13.4. The average Bonchev–Trinajstić information content (AvgIpc) is 3.17. The van der Waals surface area contributed by atoms with E-state index in [1.807, 2.05) is 0 Å². The number of aromatic nitrogens is 3. The number of nitrogens with zero attached hydrogens (tertiary/aromatic N) is 3. The number of amides is 1. The molecule has 1 unspecified atom stereocenters. The second kappa shape index (κ2) is 9.29. The summed E-state index contributed by atoms with van der Waals surface area (Å²) in [6.07, 6.45) is 9.84. The van der Waals surface area contributed by atoms with Crippen molar-refractivity contribution in [2.45, 2.75) is 49.5 Å². The van der Waals surface area contributed by atoms with Crippen molar-refractivity contribution in [1.82, 2.24) is 14.5 Å². The van der Waals surface area contributed by atoms with Gasteiger partial charge in [-0.05, 0) is 30.5 Å². The van der Waals surface area contributed by atoms with Gasteiger partial charge in [-0.1, -0.05) is 55.0 Å². The molecule has 1 aromatic carbocycles. The molecule has 32 heavy (non-hydrogen) atoms. The van der Waals surface area contributed by atoms with Crippen molar-refractivity contribution in [2.75, 3.05) is 11.6 Å². The van der Waals surface area contributed by atoms with Gasteiger partial charge in [-0.15, -0.1) is 0 Å². The summed E-state index contributed by atoms with van der Waals surface area (Å²) in [5, 5.41) is 3.40. The number of hydrogen-bond donors (Lipinski definition) is 1. The van der Waals surface area contributed by atoms with E-state index >= 15 is 0 Å². The van der Waals surface area contributed by atoms with Gasteiger partial charge < -0.3 is 5.32 Å². The molecule has 0 radical (unpaired) electrons. The lowest BCUT2D eigenvalue weighted by Crippen LogP contribution is -2.35. The summed E-state index contributed by atoms with van der Waals surface area (Å²) in [6, 6.07) is 3.45. The standard InChI is InChI=1S/C21H23ClN4O4S2/c1-32(29,30)14-7-8-15-16(10-14)24-12-26(20(15)28)17(9-13-5-3-2-4-6-13)19(27)25-21-23-11-18(22)31-21/h7-8,10-13,17H,2-6,9H2,1H3,(H,23,25,27). The maximum atomic E-state index is 13.3. The number of hydrogen-bond acceptors (Lipinski definition) is 7. The zero-order chi connectivity index (χ0) is 22.9. The minimum absolute atomic E-state index is 0.0896. The zero-order valence-corrected chi connectivity index (χ0v) is 19.8. The number of carbonyl (C=O) groups excluding carboxylic acids is 1. The molecule has 1 aliphatic carbocycles. The van der Waals surface area contributed by atoms with Crippen LogP contribution in [0.4, 0.5) is 5.13 Å². The summed E-state index contributed by atoms with van der Waals surface area (Å²) in [5.74, 6) is -0.0211. The molecule has 170 valence electrons. The van der Waals surface area contributed by atoms with Crippen LogP contribution < -0.4 is 10.9 Å². The Morgan fingerprint density at radius 3 is 2.69 bits per heavy atom. The normalized spacial score (nSPS) is 16.2. The van der Waals surface area contributed by atoms with Gasteiger partial charge in [-0.25, -0.2) is 18.4 Å². The largest absolute Gasteiger partial charge is 0.300 e. The number of nitrogens with one attached hydrogen (secondary N) is 1. The van der Waals surface area contributed by atoms with Crippen LogP contribution >= 0.6 is 22.9 Å². The van der Waals surface area contributed by atoms with Gasteiger partial charge >= 0.3 is 0 Å². The third kappa shape index (κ3) is 5.02. The molecule has 1 aliphatic rings. The van der Waals surface area contributed by atoms with Crippen molar-refractivity contribution in [1.29, 1.82) is 0 Å². The lowest BCUT2D eigenvalue weighted by molar-refractivity contribution is -0.120. The van der Waals surface area contributed by atoms with Crippen LogP contribution in [0.25, 0.3) is 10.9 Å². The molecule has 8 nitrogen and oxygen atoms in total. The number of carbonyl (C=O) groups is 1. The molecular weight excluding hydrogens is 472 g/mol. The molecule has 1 fully saturated rings. The van der Waals surface area contributed by atoms with Crippen LogP contribution in [0, 0.1) is 5.92 Å². The Balaban J connectivity index is 1.72. The number of benzene rings is 1. The van der Waals surface area contributed by atoms with E-state index < -0.39 is 15.9 Å². The Kier molecular flexibility index (Phi) is 6.64. The highest BCUT2D eigenvalue weighted by molar-refractivity contribution is 7.90. The topological polar surface area (TPSA) is 111 Å². The summed E-state index contributed by atoms with van der Waals surface area (Å²) >= 11 is 7.08. The summed E-state index contributed by atoms with van der Waals surface area (Å²) in [4.78, 5) is 35.0. The van der Waals surface area contributed by atoms with Crippen LogP contribution in [0.3, 0.4) is 0 Å². The minimum Gasteiger partial charge on any atom is -0.300 e. The number of halogens is 1. The van der Waals surface area contributed by atoms with Crippen LogP contribution in [0.2, 0.25) is 4.34 Å². The Hall–Kier alpha value is -2.30. The van der Waals surface area contributed by atoms with Gasteiger partial charge in [0, 0.05) is 6.26 Å². The van der Waals surface area contributed by atoms with E-state index in [1.165, 1.54) is 41.7 Å². The van der Waals surface area contributed by atoms with Crippen molar-refractivity contribution >= 4 is 54.7 Å². The molecule has 0 spiro atoms. The highest BCUT2D eigenvalue weighted by atomic mass is 35.5. The first-order valence-electron chi connectivity index (χ1n) is 10.4. The highest BCUT2D eigenvalue weighted by Gasteiger charge is 2.28. The van der Waals surface area contributed by atoms with E-state index in [0.29, 0.717) is 21.8 Å². The van der Waals surface area contributed by atoms with Crippen molar-refractivity contribution in [2.24, 2.45) is 5.92 Å². The molecule has 1 saturated carbocycles. The molecule has 0 bridgehead atoms. The van der Waals surface area contributed by atoms with Crippen LogP contribution in [0.1, 0.15) is 44.6 Å². The van der Waals surface area contributed by atoms with Gasteiger partial charge in [0.1, 0.15) is 10.4 Å². The Morgan fingerprint density at radius 1 is 1.28 bits per heavy atom.